The summed E-state index contributed by atoms with van der Waals surface area (Å²) in [6, 6.07) is 0.122. The van der Waals surface area contributed by atoms with Gasteiger partial charge in [0.2, 0.25) is 0 Å². The third-order valence-corrected chi connectivity index (χ3v) is 3.48. The van der Waals surface area contributed by atoms with Gasteiger partial charge in [0.15, 0.2) is 6.10 Å². The van der Waals surface area contributed by atoms with Crippen LogP contribution >= 0.6 is 0 Å². The molecule has 1 saturated heterocycles. The molecular weight excluding hydrogens is 246 g/mol. The molecule has 0 aromatic carbocycles. The average molecular weight is 271 g/mol. The van der Waals surface area contributed by atoms with Crippen LogP contribution in [0.5, 0.6) is 0 Å². The molecule has 1 N–H and O–H groups in total. The Morgan fingerprint density at radius 1 is 1.26 bits per heavy atom. The topological polar surface area (TPSA) is 66.8 Å². The van der Waals surface area contributed by atoms with Gasteiger partial charge in [-0.15, -0.1) is 0 Å². The second kappa shape index (κ2) is 7.48. The summed E-state index contributed by atoms with van der Waals surface area (Å²) in [6.45, 7) is 6.81. The van der Waals surface area contributed by atoms with Crippen molar-refractivity contribution < 1.29 is 19.4 Å². The van der Waals surface area contributed by atoms with Gasteiger partial charge in [-0.05, 0) is 33.1 Å². The molecule has 0 bridgehead atoms. The Labute approximate surface area is 114 Å². The van der Waals surface area contributed by atoms with E-state index in [0.717, 1.165) is 25.8 Å². The maximum absolute atomic E-state index is 12.4. The predicted octanol–water partition coefficient (Wildman–Crippen LogP) is 2.05. The highest BCUT2D eigenvalue weighted by Crippen LogP contribution is 2.22. The standard InChI is InChI=1S/C14H25NO4/c1-4-5-6-9-15(10(2)3)13(16)11-7-8-12(19-11)14(17)18/h10-12H,4-9H2,1-3H3,(H,17,18). The van der Waals surface area contributed by atoms with E-state index in [2.05, 4.69) is 6.92 Å². The van der Waals surface area contributed by atoms with Gasteiger partial charge in [-0.1, -0.05) is 19.8 Å². The highest BCUT2D eigenvalue weighted by molar-refractivity contribution is 5.83. The van der Waals surface area contributed by atoms with Crippen LogP contribution in [0.25, 0.3) is 0 Å². The Morgan fingerprint density at radius 2 is 1.89 bits per heavy atom. The average Bonchev–Trinajstić information content (AvgIpc) is 2.83. The molecule has 0 aliphatic carbocycles. The summed E-state index contributed by atoms with van der Waals surface area (Å²) in [5, 5.41) is 8.88. The van der Waals surface area contributed by atoms with Crippen LogP contribution in [-0.2, 0) is 14.3 Å². The number of carboxylic acid groups (broad SMARTS) is 1. The zero-order valence-corrected chi connectivity index (χ0v) is 12.1. The van der Waals surface area contributed by atoms with Crippen molar-refractivity contribution in [2.75, 3.05) is 6.54 Å². The Bertz CT molecular complexity index is 317. The van der Waals surface area contributed by atoms with Gasteiger partial charge in [-0.2, -0.15) is 0 Å². The van der Waals surface area contributed by atoms with Gasteiger partial charge in [0.1, 0.15) is 6.10 Å². The molecule has 1 heterocycles. The number of aliphatic carboxylic acids is 1. The number of unbranched alkanes of at least 4 members (excludes halogenated alkanes) is 2. The quantitative estimate of drug-likeness (QED) is 0.720. The molecule has 0 radical (unpaired) electrons. The largest absolute Gasteiger partial charge is 0.479 e. The van der Waals surface area contributed by atoms with Crippen molar-refractivity contribution >= 4 is 11.9 Å². The predicted molar refractivity (Wildman–Crippen MR) is 71.9 cm³/mol. The molecule has 2 atom stereocenters. The second-order valence-electron chi connectivity index (χ2n) is 5.36. The summed E-state index contributed by atoms with van der Waals surface area (Å²) in [5.41, 5.74) is 0. The molecule has 5 nitrogen and oxygen atoms in total. The van der Waals surface area contributed by atoms with E-state index in [1.807, 2.05) is 18.7 Å². The van der Waals surface area contributed by atoms with Crippen molar-refractivity contribution in [1.82, 2.24) is 4.90 Å². The zero-order chi connectivity index (χ0) is 14.4. The maximum atomic E-state index is 12.4. The van der Waals surface area contributed by atoms with Gasteiger partial charge in [-0.3, -0.25) is 4.79 Å². The zero-order valence-electron chi connectivity index (χ0n) is 12.1. The number of hydrogen-bond acceptors (Lipinski definition) is 3. The molecule has 1 fully saturated rings. The minimum Gasteiger partial charge on any atom is -0.479 e. The highest BCUT2D eigenvalue weighted by atomic mass is 16.5. The van der Waals surface area contributed by atoms with Crippen molar-refractivity contribution in [2.24, 2.45) is 0 Å². The molecule has 5 heteroatoms. The molecule has 2 unspecified atom stereocenters. The first kappa shape index (κ1) is 16.0. The first-order chi connectivity index (χ1) is 8.97. The minimum absolute atomic E-state index is 0.0603. The van der Waals surface area contributed by atoms with Crippen LogP contribution in [0.15, 0.2) is 0 Å². The van der Waals surface area contributed by atoms with Crippen molar-refractivity contribution in [3.05, 3.63) is 0 Å². The fraction of sp³-hybridized carbons (Fsp3) is 0.857. The summed E-state index contributed by atoms with van der Waals surface area (Å²) in [5.74, 6) is -1.03. The van der Waals surface area contributed by atoms with E-state index < -0.39 is 18.2 Å². The number of carbonyl (C=O) groups is 2. The minimum atomic E-state index is -0.975. The smallest absolute Gasteiger partial charge is 0.332 e. The van der Waals surface area contributed by atoms with Crippen LogP contribution in [0.1, 0.15) is 52.9 Å². The number of rotatable bonds is 7. The van der Waals surface area contributed by atoms with Crippen LogP contribution in [0.2, 0.25) is 0 Å². The monoisotopic (exact) mass is 271 g/mol. The summed E-state index contributed by atoms with van der Waals surface area (Å²) >= 11 is 0. The van der Waals surface area contributed by atoms with E-state index >= 15 is 0 Å². The Balaban J connectivity index is 2.55. The van der Waals surface area contributed by atoms with Gasteiger partial charge < -0.3 is 14.7 Å². The van der Waals surface area contributed by atoms with Gasteiger partial charge in [0.25, 0.3) is 5.91 Å². The molecule has 0 spiro atoms. The summed E-state index contributed by atoms with van der Waals surface area (Å²) < 4.78 is 5.33. The lowest BCUT2D eigenvalue weighted by molar-refractivity contribution is -0.155. The number of carboxylic acids is 1. The van der Waals surface area contributed by atoms with Crippen LogP contribution in [-0.4, -0.2) is 46.7 Å². The Kier molecular flexibility index (Phi) is 6.28. The molecule has 110 valence electrons. The molecule has 19 heavy (non-hydrogen) atoms. The van der Waals surface area contributed by atoms with Crippen molar-refractivity contribution in [2.45, 2.75) is 71.1 Å². The van der Waals surface area contributed by atoms with Crippen LogP contribution in [0.3, 0.4) is 0 Å². The van der Waals surface area contributed by atoms with E-state index in [-0.39, 0.29) is 11.9 Å². The molecule has 1 rings (SSSR count). The van der Waals surface area contributed by atoms with Gasteiger partial charge in [0.05, 0.1) is 0 Å². The van der Waals surface area contributed by atoms with E-state index in [9.17, 15) is 9.59 Å². The molecule has 1 amide bonds. The summed E-state index contributed by atoms with van der Waals surface area (Å²) in [7, 11) is 0. The molecule has 0 aromatic rings. The van der Waals surface area contributed by atoms with Gasteiger partial charge >= 0.3 is 5.97 Å². The number of amides is 1. The number of ether oxygens (including phenoxy) is 1. The van der Waals surface area contributed by atoms with Crippen molar-refractivity contribution in [3.8, 4) is 0 Å². The Hall–Kier alpha value is -1.10. The third-order valence-electron chi connectivity index (χ3n) is 3.48. The molecule has 0 saturated carbocycles. The Morgan fingerprint density at radius 3 is 2.37 bits per heavy atom. The molecule has 1 aliphatic heterocycles. The fourth-order valence-electron chi connectivity index (χ4n) is 2.34. The first-order valence-electron chi connectivity index (χ1n) is 7.16. The lowest BCUT2D eigenvalue weighted by Gasteiger charge is -2.29. The fourth-order valence-corrected chi connectivity index (χ4v) is 2.34. The first-order valence-corrected chi connectivity index (χ1v) is 7.16. The van der Waals surface area contributed by atoms with E-state index in [4.69, 9.17) is 9.84 Å². The van der Waals surface area contributed by atoms with Crippen LogP contribution in [0.4, 0.5) is 0 Å². The van der Waals surface area contributed by atoms with E-state index in [1.54, 1.807) is 0 Å². The van der Waals surface area contributed by atoms with Gasteiger partial charge in [0, 0.05) is 12.6 Å². The van der Waals surface area contributed by atoms with Crippen molar-refractivity contribution in [1.29, 1.82) is 0 Å². The van der Waals surface area contributed by atoms with E-state index in [0.29, 0.717) is 12.8 Å². The van der Waals surface area contributed by atoms with E-state index in [1.165, 1.54) is 0 Å². The lowest BCUT2D eigenvalue weighted by atomic mass is 10.1. The van der Waals surface area contributed by atoms with Crippen LogP contribution < -0.4 is 0 Å². The lowest BCUT2D eigenvalue weighted by Crippen LogP contribution is -2.44. The summed E-state index contributed by atoms with van der Waals surface area (Å²) in [4.78, 5) is 25.0. The third kappa shape index (κ3) is 4.49. The molecule has 1 aliphatic rings. The van der Waals surface area contributed by atoms with Crippen LogP contribution in [0, 0.1) is 0 Å². The maximum Gasteiger partial charge on any atom is 0.332 e. The number of hydrogen-bond donors (Lipinski definition) is 1. The highest BCUT2D eigenvalue weighted by Gasteiger charge is 2.37. The number of nitrogens with zero attached hydrogens (tertiary/aromatic N) is 1. The molecule has 0 aromatic heterocycles. The van der Waals surface area contributed by atoms with Crippen molar-refractivity contribution in [3.63, 3.8) is 0 Å². The van der Waals surface area contributed by atoms with Gasteiger partial charge in [-0.25, -0.2) is 4.79 Å². The molecular formula is C14H25NO4. The second-order valence-corrected chi connectivity index (χ2v) is 5.36. The number of carbonyl (C=O) groups excluding carboxylic acids is 1. The normalized spacial score (nSPS) is 22.7. The SMILES string of the molecule is CCCCCN(C(=O)C1CCC(C(=O)O)O1)C(C)C. The summed E-state index contributed by atoms with van der Waals surface area (Å²) in [6.07, 6.45) is 2.72.